The van der Waals surface area contributed by atoms with E-state index >= 15 is 0 Å². The van der Waals surface area contributed by atoms with E-state index in [1.165, 1.54) is 30.8 Å². The van der Waals surface area contributed by atoms with E-state index in [1.807, 2.05) is 0 Å². The molecule has 0 saturated heterocycles. The molecule has 156 valence electrons. The summed E-state index contributed by atoms with van der Waals surface area (Å²) in [7, 11) is -3.92. The zero-order valence-electron chi connectivity index (χ0n) is 15.9. The number of carbonyl (C=O) groups is 1. The lowest BCUT2D eigenvalue weighted by Crippen LogP contribution is -2.45. The van der Waals surface area contributed by atoms with Gasteiger partial charge in [-0.2, -0.15) is 0 Å². The number of nitrogens with zero attached hydrogens (tertiary/aromatic N) is 4. The lowest BCUT2D eigenvalue weighted by molar-refractivity contribution is -0.384. The first-order chi connectivity index (χ1) is 13.5. The van der Waals surface area contributed by atoms with Gasteiger partial charge in [-0.3, -0.25) is 24.5 Å². The maximum atomic E-state index is 12.7. The van der Waals surface area contributed by atoms with Crippen molar-refractivity contribution >= 4 is 55.5 Å². The van der Waals surface area contributed by atoms with Crippen LogP contribution < -0.4 is 9.62 Å². The molecule has 10 nitrogen and oxygen atoms in total. The molecule has 0 aliphatic rings. The fourth-order valence-electron chi connectivity index (χ4n) is 2.39. The maximum absolute atomic E-state index is 12.7. The molecule has 1 N–H and O–H groups in total. The van der Waals surface area contributed by atoms with Crippen LogP contribution in [0.3, 0.4) is 0 Å². The predicted octanol–water partition coefficient (Wildman–Crippen LogP) is 2.83. The van der Waals surface area contributed by atoms with Gasteiger partial charge in [0.25, 0.3) is 5.69 Å². The van der Waals surface area contributed by atoms with E-state index in [9.17, 15) is 23.3 Å². The van der Waals surface area contributed by atoms with Crippen LogP contribution >= 0.6 is 23.1 Å². The van der Waals surface area contributed by atoms with Crippen LogP contribution in [-0.2, 0) is 14.8 Å². The van der Waals surface area contributed by atoms with Gasteiger partial charge in [0, 0.05) is 17.9 Å². The minimum absolute atomic E-state index is 0.0591. The summed E-state index contributed by atoms with van der Waals surface area (Å²) >= 11 is 2.54. The number of hydrogen-bond acceptors (Lipinski definition) is 9. The van der Waals surface area contributed by atoms with E-state index in [4.69, 9.17) is 0 Å². The van der Waals surface area contributed by atoms with Gasteiger partial charge >= 0.3 is 0 Å². The SMILES string of the molecule is C=CCSc1nnc(NC(=O)C(C)N(c2cc([N+](=O)[O-])ccc2C)S(C)(=O)=O)s1. The second-order valence-corrected chi connectivity index (χ2v) is 10.0. The summed E-state index contributed by atoms with van der Waals surface area (Å²) in [6.45, 7) is 6.61. The Morgan fingerprint density at radius 1 is 1.48 bits per heavy atom. The lowest BCUT2D eigenvalue weighted by atomic mass is 10.1. The number of benzene rings is 1. The molecule has 29 heavy (non-hydrogen) atoms. The van der Waals surface area contributed by atoms with Crippen molar-refractivity contribution in [3.8, 4) is 0 Å². The zero-order chi connectivity index (χ0) is 21.8. The summed E-state index contributed by atoms with van der Waals surface area (Å²) in [6.07, 6.45) is 2.64. The van der Waals surface area contributed by atoms with Crippen molar-refractivity contribution in [3.63, 3.8) is 0 Å². The van der Waals surface area contributed by atoms with Gasteiger partial charge < -0.3 is 0 Å². The van der Waals surface area contributed by atoms with E-state index in [2.05, 4.69) is 22.1 Å². The smallest absolute Gasteiger partial charge is 0.271 e. The Balaban J connectivity index is 2.32. The number of amides is 1. The normalized spacial score (nSPS) is 12.2. The minimum atomic E-state index is -3.92. The van der Waals surface area contributed by atoms with E-state index in [0.29, 0.717) is 15.7 Å². The van der Waals surface area contributed by atoms with Crippen molar-refractivity contribution in [2.24, 2.45) is 0 Å². The number of anilines is 2. The molecule has 0 radical (unpaired) electrons. The minimum Gasteiger partial charge on any atom is -0.299 e. The number of rotatable bonds is 9. The summed E-state index contributed by atoms with van der Waals surface area (Å²) in [5.74, 6) is -0.00912. The number of nitro benzene ring substituents is 1. The quantitative estimate of drug-likeness (QED) is 0.200. The molecule has 1 heterocycles. The van der Waals surface area contributed by atoms with Crippen LogP contribution in [-0.4, -0.2) is 47.5 Å². The Kier molecular flexibility index (Phi) is 7.32. The molecule has 1 atom stereocenters. The van der Waals surface area contributed by atoms with Gasteiger partial charge in [-0.1, -0.05) is 35.2 Å². The van der Waals surface area contributed by atoms with Crippen LogP contribution in [0.15, 0.2) is 35.2 Å². The molecule has 2 aromatic rings. The van der Waals surface area contributed by atoms with Crippen LogP contribution in [0.4, 0.5) is 16.5 Å². The Morgan fingerprint density at radius 2 is 2.17 bits per heavy atom. The standard InChI is InChI=1S/C16H19N5O5S3/c1-5-8-27-16-19-18-15(28-16)17-14(22)11(3)20(29(4,25)26)13-9-12(21(23)24)7-6-10(13)2/h5-7,9,11H,1,8H2,2-4H3,(H,17,18,22). The van der Waals surface area contributed by atoms with Gasteiger partial charge in [0.1, 0.15) is 6.04 Å². The number of hydrogen-bond donors (Lipinski definition) is 1. The second kappa shape index (κ2) is 9.33. The van der Waals surface area contributed by atoms with Crippen molar-refractivity contribution in [1.29, 1.82) is 0 Å². The number of nitrogens with one attached hydrogen (secondary N) is 1. The van der Waals surface area contributed by atoms with E-state index in [0.717, 1.165) is 28.0 Å². The van der Waals surface area contributed by atoms with Gasteiger partial charge in [-0.05, 0) is 19.4 Å². The number of thioether (sulfide) groups is 1. The molecule has 0 spiro atoms. The molecule has 1 aromatic carbocycles. The molecule has 0 bridgehead atoms. The van der Waals surface area contributed by atoms with Crippen LogP contribution in [0.25, 0.3) is 0 Å². The van der Waals surface area contributed by atoms with Crippen molar-refractivity contribution in [2.45, 2.75) is 24.2 Å². The number of carbonyl (C=O) groups excluding carboxylic acids is 1. The summed E-state index contributed by atoms with van der Waals surface area (Å²) in [4.78, 5) is 23.2. The second-order valence-electron chi connectivity index (χ2n) is 5.92. The molecule has 0 aliphatic carbocycles. The summed E-state index contributed by atoms with van der Waals surface area (Å²) in [6, 6.07) is 2.66. The number of aromatic nitrogens is 2. The zero-order valence-corrected chi connectivity index (χ0v) is 18.3. The third-order valence-electron chi connectivity index (χ3n) is 3.69. The highest BCUT2D eigenvalue weighted by molar-refractivity contribution is 8.01. The molecule has 1 amide bonds. The van der Waals surface area contributed by atoms with E-state index in [-0.39, 0.29) is 16.5 Å². The molecular formula is C16H19N5O5S3. The first-order valence-corrected chi connectivity index (χ1v) is 11.8. The number of nitro groups is 1. The monoisotopic (exact) mass is 457 g/mol. The number of non-ortho nitro benzene ring substituents is 1. The first kappa shape index (κ1) is 22.8. The molecule has 1 aromatic heterocycles. The number of aryl methyl sites for hydroxylation is 1. The average molecular weight is 458 g/mol. The Bertz CT molecular complexity index is 1040. The Hall–Kier alpha value is -2.51. The van der Waals surface area contributed by atoms with Gasteiger partial charge in [0.2, 0.25) is 21.1 Å². The van der Waals surface area contributed by atoms with Gasteiger partial charge in [0.15, 0.2) is 4.34 Å². The van der Waals surface area contributed by atoms with Gasteiger partial charge in [-0.25, -0.2) is 8.42 Å². The van der Waals surface area contributed by atoms with E-state index < -0.39 is 26.9 Å². The van der Waals surface area contributed by atoms with Crippen molar-refractivity contribution in [2.75, 3.05) is 21.6 Å². The molecule has 0 saturated carbocycles. The highest BCUT2D eigenvalue weighted by Gasteiger charge is 2.31. The topological polar surface area (TPSA) is 135 Å². The Morgan fingerprint density at radius 3 is 2.76 bits per heavy atom. The first-order valence-electron chi connectivity index (χ1n) is 8.17. The van der Waals surface area contributed by atoms with Crippen LogP contribution in [0.5, 0.6) is 0 Å². The van der Waals surface area contributed by atoms with Crippen LogP contribution in [0, 0.1) is 17.0 Å². The summed E-state index contributed by atoms with van der Waals surface area (Å²) in [5, 5.41) is 21.6. The highest BCUT2D eigenvalue weighted by atomic mass is 32.2. The van der Waals surface area contributed by atoms with Crippen molar-refractivity contribution in [1.82, 2.24) is 10.2 Å². The Labute approximate surface area is 176 Å². The summed E-state index contributed by atoms with van der Waals surface area (Å²) in [5.41, 5.74) is 0.253. The largest absolute Gasteiger partial charge is 0.299 e. The third kappa shape index (κ3) is 5.74. The third-order valence-corrected chi connectivity index (χ3v) is 6.89. The fraction of sp³-hybridized carbons (Fsp3) is 0.312. The van der Waals surface area contributed by atoms with Gasteiger partial charge in [-0.15, -0.1) is 16.8 Å². The number of sulfonamides is 1. The molecule has 1 unspecified atom stereocenters. The average Bonchev–Trinajstić information content (AvgIpc) is 3.07. The molecular weight excluding hydrogens is 438 g/mol. The lowest BCUT2D eigenvalue weighted by Gasteiger charge is -2.29. The van der Waals surface area contributed by atoms with Crippen LogP contribution in [0.1, 0.15) is 12.5 Å². The molecule has 0 aliphatic heterocycles. The molecule has 13 heteroatoms. The summed E-state index contributed by atoms with van der Waals surface area (Å²) < 4.78 is 26.3. The fourth-order valence-corrected chi connectivity index (χ4v) is 5.13. The van der Waals surface area contributed by atoms with E-state index in [1.54, 1.807) is 13.0 Å². The predicted molar refractivity (Wildman–Crippen MR) is 114 cm³/mol. The van der Waals surface area contributed by atoms with Crippen molar-refractivity contribution < 1.29 is 18.1 Å². The molecule has 2 rings (SSSR count). The van der Waals surface area contributed by atoms with Crippen LogP contribution in [0.2, 0.25) is 0 Å². The van der Waals surface area contributed by atoms with Gasteiger partial charge in [0.05, 0.1) is 16.9 Å². The van der Waals surface area contributed by atoms with Crippen molar-refractivity contribution in [3.05, 3.63) is 46.5 Å². The maximum Gasteiger partial charge on any atom is 0.271 e. The molecule has 0 fully saturated rings. The highest BCUT2D eigenvalue weighted by Crippen LogP contribution is 2.30.